The van der Waals surface area contributed by atoms with Crippen molar-refractivity contribution < 1.29 is 28.6 Å². The van der Waals surface area contributed by atoms with Crippen LogP contribution in [-0.4, -0.2) is 37.2 Å². The highest BCUT2D eigenvalue weighted by atomic mass is 16.6. The molecule has 0 heterocycles. The predicted molar refractivity (Wildman–Crippen MR) is 252 cm³/mol. The molecule has 0 unspecified atom stereocenters. The Morgan fingerprint density at radius 1 is 0.322 bits per heavy atom. The van der Waals surface area contributed by atoms with Gasteiger partial charge in [0.05, 0.1) is 0 Å². The number of carbonyl (C=O) groups excluding carboxylic acids is 3. The minimum absolute atomic E-state index is 0.0774. The monoisotopic (exact) mass is 829 g/mol. The molecule has 0 amide bonds. The van der Waals surface area contributed by atoms with Gasteiger partial charge in [-0.25, -0.2) is 0 Å². The van der Waals surface area contributed by atoms with E-state index in [1.165, 1.54) is 161 Å². The van der Waals surface area contributed by atoms with Crippen molar-refractivity contribution in [3.63, 3.8) is 0 Å². The molecule has 0 bridgehead atoms. The standard InChI is InChI=1S/C53H96O6/c1-4-7-10-13-16-19-22-24-26-28-31-34-37-40-43-46-52(55)58-49-50(48-57-51(54)45-42-39-36-33-30-21-18-15-12-9-6-3)59-53(56)47-44-41-38-35-32-29-27-25-23-20-17-14-11-8-5-2/h15,18-20,22-23,50H,4-14,16-17,21,24-49H2,1-3H3/b18-15-,22-19-,23-20-/t50-/m0/s1. The lowest BCUT2D eigenvalue weighted by molar-refractivity contribution is -0.167. The molecule has 0 aliphatic heterocycles. The Morgan fingerprint density at radius 3 is 0.898 bits per heavy atom. The fourth-order valence-electron chi connectivity index (χ4n) is 7.18. The van der Waals surface area contributed by atoms with Gasteiger partial charge in [0.1, 0.15) is 13.2 Å². The molecule has 0 aromatic rings. The van der Waals surface area contributed by atoms with Gasteiger partial charge in [0.15, 0.2) is 6.10 Å². The first-order valence-electron chi connectivity index (χ1n) is 25.5. The van der Waals surface area contributed by atoms with E-state index in [2.05, 4.69) is 57.2 Å². The fraction of sp³-hybridized carbons (Fsp3) is 0.830. The highest BCUT2D eigenvalue weighted by molar-refractivity contribution is 5.71. The molecule has 0 saturated heterocycles. The number of hydrogen-bond donors (Lipinski definition) is 0. The van der Waals surface area contributed by atoms with Crippen LogP contribution in [0, 0.1) is 0 Å². The summed E-state index contributed by atoms with van der Waals surface area (Å²) < 4.78 is 16.8. The minimum atomic E-state index is -0.776. The highest BCUT2D eigenvalue weighted by Crippen LogP contribution is 2.15. The van der Waals surface area contributed by atoms with Crippen LogP contribution in [0.1, 0.15) is 265 Å². The average molecular weight is 829 g/mol. The summed E-state index contributed by atoms with van der Waals surface area (Å²) in [5.74, 6) is -0.889. The van der Waals surface area contributed by atoms with Crippen molar-refractivity contribution in [3.05, 3.63) is 36.5 Å². The molecule has 344 valence electrons. The summed E-state index contributed by atoms with van der Waals surface area (Å²) in [6.07, 6.45) is 55.5. The van der Waals surface area contributed by atoms with Crippen molar-refractivity contribution >= 4 is 17.9 Å². The SMILES string of the molecule is CCCC/C=C\CCCCCCCC(=O)OC[C@@H](COC(=O)CCCCCCCCC/C=C\CCCCCC)OC(=O)CCCCCCCCC/C=C\CCCCCC. The zero-order valence-electron chi connectivity index (χ0n) is 39.3. The molecule has 0 fully saturated rings. The molecule has 0 aromatic carbocycles. The number of ether oxygens (including phenoxy) is 3. The maximum Gasteiger partial charge on any atom is 0.306 e. The quantitative estimate of drug-likeness (QED) is 0.0263. The largest absolute Gasteiger partial charge is 0.462 e. The van der Waals surface area contributed by atoms with E-state index in [0.29, 0.717) is 19.3 Å². The van der Waals surface area contributed by atoms with Crippen molar-refractivity contribution in [1.82, 2.24) is 0 Å². The number of allylic oxidation sites excluding steroid dienone is 6. The van der Waals surface area contributed by atoms with Gasteiger partial charge in [0.2, 0.25) is 0 Å². The minimum Gasteiger partial charge on any atom is -0.462 e. The number of hydrogen-bond acceptors (Lipinski definition) is 6. The van der Waals surface area contributed by atoms with Gasteiger partial charge in [-0.1, -0.05) is 192 Å². The van der Waals surface area contributed by atoms with Gasteiger partial charge in [0.25, 0.3) is 0 Å². The van der Waals surface area contributed by atoms with Crippen LogP contribution in [0.4, 0.5) is 0 Å². The van der Waals surface area contributed by atoms with Crippen LogP contribution >= 0.6 is 0 Å². The van der Waals surface area contributed by atoms with Crippen LogP contribution in [0.25, 0.3) is 0 Å². The lowest BCUT2D eigenvalue weighted by Crippen LogP contribution is -2.30. The Morgan fingerprint density at radius 2 is 0.576 bits per heavy atom. The van der Waals surface area contributed by atoms with Gasteiger partial charge in [0, 0.05) is 19.3 Å². The molecule has 6 heteroatoms. The van der Waals surface area contributed by atoms with E-state index in [9.17, 15) is 14.4 Å². The first-order valence-corrected chi connectivity index (χ1v) is 25.5. The molecular weight excluding hydrogens is 733 g/mol. The second-order valence-electron chi connectivity index (χ2n) is 17.1. The van der Waals surface area contributed by atoms with Crippen molar-refractivity contribution in [2.75, 3.05) is 13.2 Å². The smallest absolute Gasteiger partial charge is 0.306 e. The molecule has 59 heavy (non-hydrogen) atoms. The van der Waals surface area contributed by atoms with Crippen molar-refractivity contribution in [2.45, 2.75) is 271 Å². The number of carbonyl (C=O) groups is 3. The molecule has 6 nitrogen and oxygen atoms in total. The van der Waals surface area contributed by atoms with E-state index in [1.807, 2.05) is 0 Å². The van der Waals surface area contributed by atoms with Crippen LogP contribution in [0.2, 0.25) is 0 Å². The van der Waals surface area contributed by atoms with E-state index >= 15 is 0 Å². The topological polar surface area (TPSA) is 78.9 Å². The average Bonchev–Trinajstić information content (AvgIpc) is 3.23. The maximum absolute atomic E-state index is 12.8. The molecule has 0 radical (unpaired) electrons. The summed E-state index contributed by atoms with van der Waals surface area (Å²) in [6, 6.07) is 0. The molecule has 0 aliphatic carbocycles. The van der Waals surface area contributed by atoms with Crippen LogP contribution in [-0.2, 0) is 28.6 Å². The van der Waals surface area contributed by atoms with Crippen LogP contribution in [0.5, 0.6) is 0 Å². The summed E-state index contributed by atoms with van der Waals surface area (Å²) in [5, 5.41) is 0. The Balaban J connectivity index is 4.36. The first-order chi connectivity index (χ1) is 29.0. The number of esters is 3. The highest BCUT2D eigenvalue weighted by Gasteiger charge is 2.19. The van der Waals surface area contributed by atoms with E-state index in [-0.39, 0.29) is 31.1 Å². The summed E-state index contributed by atoms with van der Waals surface area (Å²) in [5.41, 5.74) is 0. The number of unbranched alkanes of at least 4 members (excludes halogenated alkanes) is 29. The first kappa shape index (κ1) is 56.6. The Bertz CT molecular complexity index is 1000. The van der Waals surface area contributed by atoms with Gasteiger partial charge in [-0.3, -0.25) is 14.4 Å². The molecule has 0 saturated carbocycles. The second kappa shape index (κ2) is 48.3. The van der Waals surface area contributed by atoms with Crippen LogP contribution in [0.15, 0.2) is 36.5 Å². The molecule has 0 aromatic heterocycles. The second-order valence-corrected chi connectivity index (χ2v) is 17.1. The third kappa shape index (κ3) is 46.5. The summed E-state index contributed by atoms with van der Waals surface area (Å²) in [6.45, 7) is 6.57. The van der Waals surface area contributed by atoms with E-state index < -0.39 is 6.10 Å². The van der Waals surface area contributed by atoms with Crippen molar-refractivity contribution in [1.29, 1.82) is 0 Å². The van der Waals surface area contributed by atoms with Gasteiger partial charge in [-0.2, -0.15) is 0 Å². The van der Waals surface area contributed by atoms with Gasteiger partial charge in [-0.05, 0) is 89.9 Å². The molecule has 0 spiro atoms. The van der Waals surface area contributed by atoms with E-state index in [0.717, 1.165) is 64.2 Å². The van der Waals surface area contributed by atoms with Gasteiger partial charge < -0.3 is 14.2 Å². The summed E-state index contributed by atoms with van der Waals surface area (Å²) >= 11 is 0. The Hall–Kier alpha value is -2.37. The lowest BCUT2D eigenvalue weighted by Gasteiger charge is -2.18. The third-order valence-corrected chi connectivity index (χ3v) is 11.1. The van der Waals surface area contributed by atoms with Gasteiger partial charge >= 0.3 is 17.9 Å². The van der Waals surface area contributed by atoms with E-state index in [1.54, 1.807) is 0 Å². The molecule has 0 N–H and O–H groups in total. The third-order valence-electron chi connectivity index (χ3n) is 11.1. The predicted octanol–water partition coefficient (Wildman–Crippen LogP) is 16.5. The Kier molecular flexibility index (Phi) is 46.4. The van der Waals surface area contributed by atoms with E-state index in [4.69, 9.17) is 14.2 Å². The maximum atomic E-state index is 12.8. The Labute approximate surface area is 365 Å². The molecule has 0 rings (SSSR count). The molecular formula is C53H96O6. The zero-order valence-corrected chi connectivity index (χ0v) is 39.3. The lowest BCUT2D eigenvalue weighted by atomic mass is 10.1. The summed E-state index contributed by atoms with van der Waals surface area (Å²) in [4.78, 5) is 37.9. The zero-order chi connectivity index (χ0) is 43.0. The normalized spacial score (nSPS) is 12.3. The van der Waals surface area contributed by atoms with Crippen molar-refractivity contribution in [3.8, 4) is 0 Å². The summed E-state index contributed by atoms with van der Waals surface area (Å²) in [7, 11) is 0. The fourth-order valence-corrected chi connectivity index (χ4v) is 7.18. The number of rotatable bonds is 46. The van der Waals surface area contributed by atoms with Crippen LogP contribution < -0.4 is 0 Å². The van der Waals surface area contributed by atoms with Crippen LogP contribution in [0.3, 0.4) is 0 Å². The molecule has 1 atom stereocenters. The van der Waals surface area contributed by atoms with Gasteiger partial charge in [-0.15, -0.1) is 0 Å². The van der Waals surface area contributed by atoms with Crippen molar-refractivity contribution in [2.24, 2.45) is 0 Å². The molecule has 0 aliphatic rings.